The number of nitrogens with zero attached hydrogens (tertiary/aromatic N) is 2. The molecule has 3 aliphatic carbocycles. The number of fused-ring (bicyclic) bond motifs is 3. The minimum absolute atomic E-state index is 0.0273. The van der Waals surface area contributed by atoms with Gasteiger partial charge in [-0.15, -0.1) is 0 Å². The molecule has 6 rings (SSSR count). The lowest BCUT2D eigenvalue weighted by atomic mass is 9.52. The van der Waals surface area contributed by atoms with Crippen LogP contribution in [-0.4, -0.2) is 98.3 Å². The van der Waals surface area contributed by atoms with E-state index < -0.39 is 36.0 Å². The summed E-state index contributed by atoms with van der Waals surface area (Å²) in [4.78, 5) is 47.5. The topological polar surface area (TPSA) is 150 Å². The first-order chi connectivity index (χ1) is 24.2. The summed E-state index contributed by atoms with van der Waals surface area (Å²) < 4.78 is 11.0. The Morgan fingerprint density at radius 3 is 2.51 bits per heavy atom. The molecule has 4 N–H and O–H groups in total. The number of aliphatic hydroxyl groups is 2. The van der Waals surface area contributed by atoms with Crippen molar-refractivity contribution < 1.29 is 38.9 Å². The van der Waals surface area contributed by atoms with Crippen LogP contribution in [0.2, 0.25) is 0 Å². The predicted molar refractivity (Wildman–Crippen MR) is 194 cm³/mol. The molecule has 2 amide bonds. The molecule has 0 spiro atoms. The van der Waals surface area contributed by atoms with E-state index in [1.807, 2.05) is 43.3 Å². The van der Waals surface area contributed by atoms with Gasteiger partial charge in [0.15, 0.2) is 0 Å². The van der Waals surface area contributed by atoms with E-state index in [1.54, 1.807) is 38.2 Å². The molecular weight excluding hydrogens is 652 g/mol. The normalized spacial score (nSPS) is 27.5. The molecule has 2 aromatic rings. The molecule has 0 aromatic heterocycles. The van der Waals surface area contributed by atoms with Crippen LogP contribution in [0.4, 0.5) is 5.69 Å². The number of carbonyl (C=O) groups excluding carboxylic acids is 3. The average Bonchev–Trinajstić information content (AvgIpc) is 3.46. The molecule has 12 heteroatoms. The van der Waals surface area contributed by atoms with E-state index in [2.05, 4.69) is 31.4 Å². The zero-order valence-electron chi connectivity index (χ0n) is 31.3. The molecule has 2 bridgehead atoms. The third kappa shape index (κ3) is 8.04. The van der Waals surface area contributed by atoms with Crippen molar-refractivity contribution in [2.75, 3.05) is 45.9 Å². The smallest absolute Gasteiger partial charge is 0.325 e. The third-order valence-corrected chi connectivity index (χ3v) is 11.4. The van der Waals surface area contributed by atoms with Gasteiger partial charge in [-0.25, -0.2) is 0 Å². The monoisotopic (exact) mass is 708 g/mol. The summed E-state index contributed by atoms with van der Waals surface area (Å²) in [5.74, 6) is -0.0886. The van der Waals surface area contributed by atoms with Crippen LogP contribution in [0.3, 0.4) is 0 Å². The number of hydroxylamine groups is 2. The van der Waals surface area contributed by atoms with Gasteiger partial charge in [0.1, 0.15) is 24.4 Å². The van der Waals surface area contributed by atoms with Crippen molar-refractivity contribution in [2.45, 2.75) is 84.7 Å². The van der Waals surface area contributed by atoms with Gasteiger partial charge in [0.2, 0.25) is 5.91 Å². The van der Waals surface area contributed by atoms with Gasteiger partial charge in [-0.1, -0.05) is 39.0 Å². The summed E-state index contributed by atoms with van der Waals surface area (Å²) in [6, 6.07) is 10.2. The largest absolute Gasteiger partial charge is 0.496 e. The fourth-order valence-electron chi connectivity index (χ4n) is 9.02. The second-order valence-corrected chi connectivity index (χ2v) is 15.3. The number of amides is 2. The van der Waals surface area contributed by atoms with Crippen LogP contribution >= 0.6 is 0 Å². The number of carbonyl (C=O) groups is 3. The molecule has 51 heavy (non-hydrogen) atoms. The molecule has 12 nitrogen and oxygen atoms in total. The second-order valence-electron chi connectivity index (χ2n) is 15.3. The number of para-hydroxylation sites is 1. The van der Waals surface area contributed by atoms with Crippen molar-refractivity contribution >= 4 is 23.5 Å². The van der Waals surface area contributed by atoms with Crippen LogP contribution in [-0.2, 0) is 25.7 Å². The standard InChI is InChI=1S/C39H56N4O8/c1-9-50-32(46)19-40-37(47)27-15-26(16-28(17-27)42(6)7)29-12-10-11-25(36(29)49-8)20-43-35(33(23(3)45)31(21-44)51-43)38(48)41-34-22(2)30-14-13-24(34)18-39(30,4)5/h10-12,15-17,22-24,30-31,33-35,44-45H,9,13-14,18-21H2,1-8H3,(H,40,47)(H,41,48)/t22-,23-,24?,30-,31-,33+,34+,35-/m0/s1. The molecular formula is C39H56N4O8. The Kier molecular flexibility index (Phi) is 12.0. The van der Waals surface area contributed by atoms with Gasteiger partial charge in [-0.3, -0.25) is 19.2 Å². The molecule has 8 atom stereocenters. The Morgan fingerprint density at radius 1 is 1.16 bits per heavy atom. The molecule has 1 aliphatic heterocycles. The number of benzene rings is 2. The lowest BCUT2D eigenvalue weighted by molar-refractivity contribution is -0.183. The number of anilines is 1. The molecule has 1 saturated heterocycles. The van der Waals surface area contributed by atoms with E-state index in [-0.39, 0.29) is 43.7 Å². The highest BCUT2D eigenvalue weighted by molar-refractivity contribution is 5.98. The Balaban J connectivity index is 1.45. The van der Waals surface area contributed by atoms with Crippen LogP contribution < -0.4 is 20.3 Å². The van der Waals surface area contributed by atoms with Crippen LogP contribution in [0.15, 0.2) is 36.4 Å². The minimum Gasteiger partial charge on any atom is -0.496 e. The van der Waals surface area contributed by atoms with Crippen molar-refractivity contribution in [1.29, 1.82) is 0 Å². The maximum Gasteiger partial charge on any atom is 0.325 e. The Morgan fingerprint density at radius 2 is 1.90 bits per heavy atom. The number of ether oxygens (including phenoxy) is 2. The molecule has 2 aromatic carbocycles. The van der Waals surface area contributed by atoms with E-state index in [0.29, 0.717) is 45.8 Å². The summed E-state index contributed by atoms with van der Waals surface area (Å²) >= 11 is 0. The fraction of sp³-hybridized carbons (Fsp3) is 0.615. The number of methoxy groups -OCH3 is 1. The Bertz CT molecular complexity index is 1580. The highest BCUT2D eigenvalue weighted by Gasteiger charge is 2.54. The van der Waals surface area contributed by atoms with Crippen LogP contribution in [0.25, 0.3) is 11.1 Å². The first kappa shape index (κ1) is 38.5. The molecule has 0 radical (unpaired) electrons. The van der Waals surface area contributed by atoms with E-state index in [1.165, 1.54) is 6.42 Å². The van der Waals surface area contributed by atoms with E-state index >= 15 is 0 Å². The SMILES string of the molecule is CCOC(=O)CNC(=O)c1cc(-c2cccc(CN3O[C@@H](CO)[C@@H]([C@H](C)O)[C@H]3C(=O)N[C@H]3C4CC[C@@H]([C@@H]3C)C(C)(C)C4)c2OC)cc(N(C)C)c1. The Labute approximate surface area is 301 Å². The number of esters is 1. The number of hydrogen-bond donors (Lipinski definition) is 4. The van der Waals surface area contributed by atoms with Crippen LogP contribution in [0.5, 0.6) is 5.75 Å². The lowest BCUT2D eigenvalue weighted by Gasteiger charge is -2.56. The maximum absolute atomic E-state index is 14.3. The van der Waals surface area contributed by atoms with Crippen LogP contribution in [0, 0.1) is 29.1 Å². The van der Waals surface area contributed by atoms with Crippen LogP contribution in [0.1, 0.15) is 69.8 Å². The van der Waals surface area contributed by atoms with Crippen molar-refractivity contribution in [3.8, 4) is 16.9 Å². The zero-order valence-corrected chi connectivity index (χ0v) is 31.3. The number of hydrogen-bond acceptors (Lipinski definition) is 10. The average molecular weight is 709 g/mol. The summed E-state index contributed by atoms with van der Waals surface area (Å²) in [5.41, 5.74) is 3.48. The number of nitrogens with one attached hydrogen (secondary N) is 2. The third-order valence-electron chi connectivity index (χ3n) is 11.4. The minimum atomic E-state index is -0.919. The maximum atomic E-state index is 14.3. The van der Waals surface area contributed by atoms with Gasteiger partial charge in [0.05, 0.1) is 33.0 Å². The zero-order chi connectivity index (χ0) is 37.2. The van der Waals surface area contributed by atoms with E-state index in [9.17, 15) is 24.6 Å². The van der Waals surface area contributed by atoms with Gasteiger partial charge in [0.25, 0.3) is 5.91 Å². The molecule has 1 unspecified atom stereocenters. The van der Waals surface area contributed by atoms with E-state index in [4.69, 9.17) is 14.3 Å². The number of aliphatic hydroxyl groups excluding tert-OH is 2. The summed E-state index contributed by atoms with van der Waals surface area (Å²) in [6.45, 7) is 9.99. The first-order valence-corrected chi connectivity index (χ1v) is 18.2. The highest BCUT2D eigenvalue weighted by atomic mass is 16.7. The van der Waals surface area contributed by atoms with Crippen molar-refractivity contribution in [1.82, 2.24) is 15.7 Å². The van der Waals surface area contributed by atoms with E-state index in [0.717, 1.165) is 18.5 Å². The first-order valence-electron chi connectivity index (χ1n) is 18.2. The highest BCUT2D eigenvalue weighted by Crippen LogP contribution is 2.55. The predicted octanol–water partition coefficient (Wildman–Crippen LogP) is 3.77. The fourth-order valence-corrected chi connectivity index (χ4v) is 9.02. The van der Waals surface area contributed by atoms with Gasteiger partial charge in [-0.2, -0.15) is 5.06 Å². The number of rotatable bonds is 13. The molecule has 280 valence electrons. The van der Waals surface area contributed by atoms with Gasteiger partial charge < -0.3 is 35.2 Å². The quantitative estimate of drug-likeness (QED) is 0.227. The summed E-state index contributed by atoms with van der Waals surface area (Å²) in [7, 11) is 5.31. The molecule has 4 fully saturated rings. The van der Waals surface area contributed by atoms with Crippen molar-refractivity contribution in [3.63, 3.8) is 0 Å². The van der Waals surface area contributed by atoms with Gasteiger partial charge in [-0.05, 0) is 80.0 Å². The Hall–Kier alpha value is -3.71. The molecule has 3 saturated carbocycles. The van der Waals surface area contributed by atoms with Gasteiger partial charge >= 0.3 is 5.97 Å². The lowest BCUT2D eigenvalue weighted by Crippen LogP contribution is -2.60. The summed E-state index contributed by atoms with van der Waals surface area (Å²) in [5, 5.41) is 28.9. The summed E-state index contributed by atoms with van der Waals surface area (Å²) in [6.07, 6.45) is 1.62. The molecule has 4 aliphatic rings. The molecule has 1 heterocycles. The van der Waals surface area contributed by atoms with Gasteiger partial charge in [0, 0.05) is 48.4 Å². The van der Waals surface area contributed by atoms with Crippen molar-refractivity contribution in [3.05, 3.63) is 47.5 Å². The van der Waals surface area contributed by atoms with Crippen molar-refractivity contribution in [2.24, 2.45) is 29.1 Å². The second kappa shape index (κ2) is 15.9.